The summed E-state index contributed by atoms with van der Waals surface area (Å²) in [4.78, 5) is 0. The summed E-state index contributed by atoms with van der Waals surface area (Å²) in [7, 11) is 0. The van der Waals surface area contributed by atoms with Crippen LogP contribution in [0.5, 0.6) is 0 Å². The van der Waals surface area contributed by atoms with Gasteiger partial charge in [0.15, 0.2) is 0 Å². The maximum absolute atomic E-state index is 5.79. The van der Waals surface area contributed by atoms with Crippen molar-refractivity contribution in [3.05, 3.63) is 96.6 Å². The van der Waals surface area contributed by atoms with Gasteiger partial charge >= 0.3 is 0 Å². The zero-order valence-electron chi connectivity index (χ0n) is 15.2. The molecule has 7 rings (SSSR count). The van der Waals surface area contributed by atoms with E-state index >= 15 is 0 Å². The van der Waals surface area contributed by atoms with E-state index in [0.717, 1.165) is 5.56 Å². The predicted molar refractivity (Wildman–Crippen MR) is 121 cm³/mol. The standard InChI is InChI=1S/C22H12.C6H4/c1-2-14-12-13-16-8-4-10-18-17-9-3-6-15-7-5-11-19(20(15)17)21(14)22(16)18;1-2-6-4-3-5(1)6/h1,3-13H;1-4H. The summed E-state index contributed by atoms with van der Waals surface area (Å²) >= 11 is 0. The molecule has 0 nitrogen and oxygen atoms in total. The number of hydrogen-bond donors (Lipinski definition) is 0. The van der Waals surface area contributed by atoms with Gasteiger partial charge in [-0.25, -0.2) is 0 Å². The van der Waals surface area contributed by atoms with E-state index in [0.29, 0.717) is 0 Å². The van der Waals surface area contributed by atoms with Gasteiger partial charge in [-0.05, 0) is 54.9 Å². The third kappa shape index (κ3) is 1.96. The van der Waals surface area contributed by atoms with E-state index in [1.54, 1.807) is 0 Å². The van der Waals surface area contributed by atoms with E-state index in [2.05, 4.69) is 96.9 Å². The quantitative estimate of drug-likeness (QED) is 0.152. The SMILES string of the molecule is C#Cc1ccc2cccc3c4cccc5cccc(c1c23)c54.c1cc2ccc1-2. The molecule has 0 N–H and O–H groups in total. The first-order chi connectivity index (χ1) is 13.8. The van der Waals surface area contributed by atoms with Gasteiger partial charge in [0.1, 0.15) is 0 Å². The lowest BCUT2D eigenvalue weighted by Crippen LogP contribution is -1.89. The van der Waals surface area contributed by atoms with Crippen LogP contribution in [0, 0.1) is 12.3 Å². The molecule has 0 saturated carbocycles. The van der Waals surface area contributed by atoms with Crippen LogP contribution in [0.1, 0.15) is 5.56 Å². The van der Waals surface area contributed by atoms with Crippen LogP contribution in [0.15, 0.2) is 91.0 Å². The molecule has 2 aliphatic carbocycles. The molecular formula is C28H16. The Bertz CT molecular complexity index is 1520. The minimum Gasteiger partial charge on any atom is -0.115 e. The van der Waals surface area contributed by atoms with Crippen molar-refractivity contribution >= 4 is 43.1 Å². The average Bonchev–Trinajstić information content (AvgIpc) is 2.74. The monoisotopic (exact) mass is 352 g/mol. The molecule has 28 heavy (non-hydrogen) atoms. The predicted octanol–water partition coefficient (Wildman–Crippen LogP) is 7.39. The Morgan fingerprint density at radius 2 is 1.00 bits per heavy atom. The molecule has 0 radical (unpaired) electrons. The Balaban J connectivity index is 0.000000219. The second-order valence-corrected chi connectivity index (χ2v) is 7.32. The normalized spacial score (nSPS) is 11.5. The molecular weight excluding hydrogens is 336 g/mol. The van der Waals surface area contributed by atoms with E-state index in [1.165, 1.54) is 54.2 Å². The van der Waals surface area contributed by atoms with E-state index in [1.807, 2.05) is 0 Å². The maximum atomic E-state index is 5.79. The van der Waals surface area contributed by atoms with Crippen LogP contribution in [0.3, 0.4) is 0 Å². The fourth-order valence-corrected chi connectivity index (χ4v) is 4.44. The molecule has 0 unspecified atom stereocenters. The first-order valence-electron chi connectivity index (χ1n) is 9.50. The van der Waals surface area contributed by atoms with Gasteiger partial charge < -0.3 is 0 Å². The molecule has 0 fully saturated rings. The lowest BCUT2D eigenvalue weighted by molar-refractivity contribution is 1.55. The van der Waals surface area contributed by atoms with Crippen LogP contribution >= 0.6 is 0 Å². The Kier molecular flexibility index (Phi) is 3.04. The van der Waals surface area contributed by atoms with Gasteiger partial charge in [-0.2, -0.15) is 0 Å². The molecule has 0 aromatic heterocycles. The first-order valence-corrected chi connectivity index (χ1v) is 9.50. The highest BCUT2D eigenvalue weighted by Gasteiger charge is 2.14. The highest BCUT2D eigenvalue weighted by Crippen LogP contribution is 2.41. The van der Waals surface area contributed by atoms with Crippen molar-refractivity contribution in [2.75, 3.05) is 0 Å². The molecule has 5 aromatic carbocycles. The lowest BCUT2D eigenvalue weighted by Gasteiger charge is -2.15. The first kappa shape index (κ1) is 15.3. The summed E-state index contributed by atoms with van der Waals surface area (Å²) in [6.07, 6.45) is 5.79. The third-order valence-corrected chi connectivity index (χ3v) is 5.88. The van der Waals surface area contributed by atoms with Crippen LogP contribution in [-0.2, 0) is 0 Å². The van der Waals surface area contributed by atoms with Crippen molar-refractivity contribution in [3.63, 3.8) is 0 Å². The van der Waals surface area contributed by atoms with E-state index < -0.39 is 0 Å². The van der Waals surface area contributed by atoms with Crippen LogP contribution < -0.4 is 0 Å². The fourth-order valence-electron chi connectivity index (χ4n) is 4.44. The number of terminal acetylenes is 1. The third-order valence-electron chi connectivity index (χ3n) is 5.88. The van der Waals surface area contributed by atoms with Gasteiger partial charge in [0.05, 0.1) is 0 Å². The summed E-state index contributed by atoms with van der Waals surface area (Å²) in [6, 6.07) is 32.2. The Hall–Kier alpha value is -3.82. The average molecular weight is 352 g/mol. The molecule has 0 spiro atoms. The van der Waals surface area contributed by atoms with Crippen LogP contribution in [0.2, 0.25) is 0 Å². The molecule has 128 valence electrons. The smallest absolute Gasteiger partial charge is 0.0327 e. The van der Waals surface area contributed by atoms with Crippen molar-refractivity contribution in [1.29, 1.82) is 0 Å². The van der Waals surface area contributed by atoms with Crippen LogP contribution in [0.4, 0.5) is 0 Å². The van der Waals surface area contributed by atoms with Gasteiger partial charge in [0.25, 0.3) is 0 Å². The zero-order valence-corrected chi connectivity index (χ0v) is 15.2. The van der Waals surface area contributed by atoms with Gasteiger partial charge in [-0.3, -0.25) is 0 Å². The Morgan fingerprint density at radius 1 is 0.464 bits per heavy atom. The van der Waals surface area contributed by atoms with Gasteiger partial charge in [-0.15, -0.1) is 6.42 Å². The highest BCUT2D eigenvalue weighted by atomic mass is 14.2. The van der Waals surface area contributed by atoms with Crippen LogP contribution in [-0.4, -0.2) is 0 Å². The number of benzene rings is 6. The van der Waals surface area contributed by atoms with Gasteiger partial charge in [0.2, 0.25) is 0 Å². The van der Waals surface area contributed by atoms with Crippen molar-refractivity contribution in [2.45, 2.75) is 0 Å². The van der Waals surface area contributed by atoms with E-state index in [-0.39, 0.29) is 0 Å². The highest BCUT2D eigenvalue weighted by molar-refractivity contribution is 6.33. The summed E-state index contributed by atoms with van der Waals surface area (Å²) in [5.41, 5.74) is 3.83. The Morgan fingerprint density at radius 3 is 1.54 bits per heavy atom. The van der Waals surface area contributed by atoms with Gasteiger partial charge in [-0.1, -0.05) is 90.8 Å². The summed E-state index contributed by atoms with van der Waals surface area (Å²) in [6.45, 7) is 0. The van der Waals surface area contributed by atoms with E-state index in [4.69, 9.17) is 6.42 Å². The summed E-state index contributed by atoms with van der Waals surface area (Å²) < 4.78 is 0. The maximum Gasteiger partial charge on any atom is 0.0327 e. The second-order valence-electron chi connectivity index (χ2n) is 7.32. The van der Waals surface area contributed by atoms with Crippen LogP contribution in [0.25, 0.3) is 54.2 Å². The van der Waals surface area contributed by atoms with Crippen molar-refractivity contribution in [1.82, 2.24) is 0 Å². The molecule has 0 heteroatoms. The molecule has 0 aliphatic heterocycles. The molecule has 5 aromatic rings. The largest absolute Gasteiger partial charge is 0.115 e. The molecule has 0 atom stereocenters. The summed E-state index contributed by atoms with van der Waals surface area (Å²) in [5.74, 6) is 2.87. The molecule has 0 saturated heterocycles. The van der Waals surface area contributed by atoms with Crippen molar-refractivity contribution in [2.24, 2.45) is 0 Å². The molecule has 2 aliphatic rings. The summed E-state index contributed by atoms with van der Waals surface area (Å²) in [5, 5.41) is 10.2. The van der Waals surface area contributed by atoms with Crippen molar-refractivity contribution < 1.29 is 0 Å². The molecule has 0 heterocycles. The molecule has 0 bridgehead atoms. The van der Waals surface area contributed by atoms with Crippen molar-refractivity contribution in [3.8, 4) is 23.5 Å². The minimum absolute atomic E-state index is 0.974. The number of rotatable bonds is 0. The Labute approximate surface area is 163 Å². The minimum atomic E-state index is 0.974. The second kappa shape index (κ2) is 5.59. The number of fused-ring (bicyclic) bond motifs is 3. The number of hydrogen-bond acceptors (Lipinski definition) is 0. The topological polar surface area (TPSA) is 0 Å². The molecule has 0 amide bonds. The van der Waals surface area contributed by atoms with Gasteiger partial charge in [0, 0.05) is 10.9 Å². The fraction of sp³-hybridized carbons (Fsp3) is 0. The zero-order chi connectivity index (χ0) is 18.7. The van der Waals surface area contributed by atoms with E-state index in [9.17, 15) is 0 Å². The lowest BCUT2D eigenvalue weighted by atomic mass is 9.88.